The molecule has 0 aliphatic rings. The number of halogens is 3. The van der Waals surface area contributed by atoms with E-state index in [-0.39, 0.29) is 17.9 Å². The van der Waals surface area contributed by atoms with Gasteiger partial charge < -0.3 is 5.73 Å². The van der Waals surface area contributed by atoms with Gasteiger partial charge in [-0.2, -0.15) is 13.2 Å². The summed E-state index contributed by atoms with van der Waals surface area (Å²) < 4.78 is 61.7. The van der Waals surface area contributed by atoms with Crippen LogP contribution in [-0.2, 0) is 16.4 Å². The van der Waals surface area contributed by atoms with Crippen LogP contribution >= 0.6 is 0 Å². The van der Waals surface area contributed by atoms with Crippen LogP contribution in [0.3, 0.4) is 0 Å². The second kappa shape index (κ2) is 6.45. The first-order chi connectivity index (χ1) is 9.15. The molecule has 20 heavy (non-hydrogen) atoms. The van der Waals surface area contributed by atoms with Crippen molar-refractivity contribution in [3.05, 3.63) is 23.8 Å². The van der Waals surface area contributed by atoms with E-state index in [0.717, 1.165) is 5.56 Å². The zero-order chi connectivity index (χ0) is 15.4. The molecule has 8 heteroatoms. The minimum Gasteiger partial charge on any atom is -0.398 e. The summed E-state index contributed by atoms with van der Waals surface area (Å²) in [7, 11) is -3.82. The minimum atomic E-state index is -4.28. The lowest BCUT2D eigenvalue weighted by atomic mass is 10.1. The van der Waals surface area contributed by atoms with E-state index in [1.807, 2.05) is 6.92 Å². The van der Waals surface area contributed by atoms with Crippen molar-refractivity contribution >= 4 is 15.7 Å². The molecule has 0 radical (unpaired) electrons. The normalized spacial score (nSPS) is 12.6. The number of benzene rings is 1. The highest BCUT2D eigenvalue weighted by Crippen LogP contribution is 2.21. The van der Waals surface area contributed by atoms with Crippen molar-refractivity contribution in [1.29, 1.82) is 0 Å². The molecule has 0 bridgehead atoms. The van der Waals surface area contributed by atoms with Crippen LogP contribution in [0.5, 0.6) is 0 Å². The number of aryl methyl sites for hydroxylation is 1. The fourth-order valence-electron chi connectivity index (χ4n) is 1.64. The van der Waals surface area contributed by atoms with Gasteiger partial charge in [0.2, 0.25) is 10.0 Å². The van der Waals surface area contributed by atoms with Gasteiger partial charge in [-0.25, -0.2) is 13.1 Å². The van der Waals surface area contributed by atoms with E-state index >= 15 is 0 Å². The van der Waals surface area contributed by atoms with Crippen LogP contribution in [-0.4, -0.2) is 21.1 Å². The van der Waals surface area contributed by atoms with Crippen molar-refractivity contribution < 1.29 is 21.6 Å². The maximum atomic E-state index is 11.9. The van der Waals surface area contributed by atoms with Crippen LogP contribution < -0.4 is 10.5 Å². The van der Waals surface area contributed by atoms with Crippen LogP contribution in [0.4, 0.5) is 18.9 Å². The Bertz CT molecular complexity index is 556. The molecule has 0 saturated carbocycles. The van der Waals surface area contributed by atoms with Crippen molar-refractivity contribution in [2.75, 3.05) is 12.3 Å². The van der Waals surface area contributed by atoms with Crippen LogP contribution in [0.2, 0.25) is 0 Å². The molecular weight excluding hydrogens is 293 g/mol. The topological polar surface area (TPSA) is 72.2 Å². The van der Waals surface area contributed by atoms with Crippen molar-refractivity contribution in [1.82, 2.24) is 4.72 Å². The molecule has 0 heterocycles. The third kappa shape index (κ3) is 5.01. The number of alkyl halides is 3. The predicted molar refractivity (Wildman–Crippen MR) is 70.7 cm³/mol. The van der Waals surface area contributed by atoms with Crippen molar-refractivity contribution in [3.63, 3.8) is 0 Å². The third-order valence-electron chi connectivity index (χ3n) is 2.74. The Labute approximate surface area is 116 Å². The summed E-state index contributed by atoms with van der Waals surface area (Å²) in [5, 5.41) is 0. The summed E-state index contributed by atoms with van der Waals surface area (Å²) in [6, 6.07) is 4.30. The van der Waals surface area contributed by atoms with E-state index in [4.69, 9.17) is 5.73 Å². The van der Waals surface area contributed by atoms with Gasteiger partial charge in [-0.15, -0.1) is 0 Å². The molecule has 0 unspecified atom stereocenters. The molecule has 0 aromatic heterocycles. The van der Waals surface area contributed by atoms with E-state index in [1.165, 1.54) is 12.1 Å². The van der Waals surface area contributed by atoms with Gasteiger partial charge in [0, 0.05) is 18.7 Å². The quantitative estimate of drug-likeness (QED) is 0.626. The van der Waals surface area contributed by atoms with Gasteiger partial charge in [0.15, 0.2) is 0 Å². The summed E-state index contributed by atoms with van der Waals surface area (Å²) in [4.78, 5) is -0.0424. The van der Waals surface area contributed by atoms with Gasteiger partial charge in [-0.3, -0.25) is 0 Å². The molecule has 114 valence electrons. The molecule has 1 aromatic carbocycles. The number of hydrogen-bond donors (Lipinski definition) is 2. The second-order valence-corrected chi connectivity index (χ2v) is 6.10. The average Bonchev–Trinajstić information content (AvgIpc) is 2.33. The molecule has 3 N–H and O–H groups in total. The zero-order valence-corrected chi connectivity index (χ0v) is 11.8. The second-order valence-electron chi connectivity index (χ2n) is 4.33. The maximum Gasteiger partial charge on any atom is 0.389 e. The zero-order valence-electron chi connectivity index (χ0n) is 11.0. The summed E-state index contributed by atoms with van der Waals surface area (Å²) in [5.74, 6) is 0. The number of nitrogens with one attached hydrogen (secondary N) is 1. The molecule has 0 amide bonds. The van der Waals surface area contributed by atoms with E-state index < -0.39 is 22.6 Å². The van der Waals surface area contributed by atoms with Gasteiger partial charge in [-0.1, -0.05) is 13.0 Å². The van der Waals surface area contributed by atoms with Crippen molar-refractivity contribution in [2.45, 2.75) is 37.3 Å². The molecule has 1 rings (SSSR count). The summed E-state index contributed by atoms with van der Waals surface area (Å²) in [5.41, 5.74) is 6.87. The Morgan fingerprint density at radius 3 is 2.45 bits per heavy atom. The van der Waals surface area contributed by atoms with E-state index in [2.05, 4.69) is 4.72 Å². The van der Waals surface area contributed by atoms with E-state index in [1.54, 1.807) is 6.07 Å². The Hall–Kier alpha value is -1.28. The number of rotatable bonds is 6. The summed E-state index contributed by atoms with van der Waals surface area (Å²) in [6.45, 7) is 1.62. The van der Waals surface area contributed by atoms with Crippen molar-refractivity contribution in [2.24, 2.45) is 0 Å². The molecular formula is C12H17F3N2O2S. The largest absolute Gasteiger partial charge is 0.398 e. The SMILES string of the molecule is CCc1ccc(S(=O)(=O)NCCCC(F)(F)F)cc1N. The highest BCUT2D eigenvalue weighted by molar-refractivity contribution is 7.89. The molecule has 0 saturated heterocycles. The van der Waals surface area contributed by atoms with Crippen LogP contribution in [0.1, 0.15) is 25.3 Å². The number of nitrogen functional groups attached to an aromatic ring is 1. The van der Waals surface area contributed by atoms with Crippen molar-refractivity contribution in [3.8, 4) is 0 Å². The van der Waals surface area contributed by atoms with Gasteiger partial charge in [0.05, 0.1) is 4.90 Å². The number of anilines is 1. The Morgan fingerprint density at radius 1 is 1.30 bits per heavy atom. The van der Waals surface area contributed by atoms with Crippen LogP contribution in [0.25, 0.3) is 0 Å². The average molecular weight is 310 g/mol. The minimum absolute atomic E-state index is 0.0424. The molecule has 0 atom stereocenters. The number of sulfonamides is 1. The monoisotopic (exact) mass is 310 g/mol. The van der Waals surface area contributed by atoms with Gasteiger partial charge in [0.1, 0.15) is 0 Å². The van der Waals surface area contributed by atoms with E-state index in [9.17, 15) is 21.6 Å². The van der Waals surface area contributed by atoms with Crippen LogP contribution in [0, 0.1) is 0 Å². The maximum absolute atomic E-state index is 11.9. The van der Waals surface area contributed by atoms with Crippen LogP contribution in [0.15, 0.2) is 23.1 Å². The molecule has 0 aliphatic carbocycles. The van der Waals surface area contributed by atoms with E-state index in [0.29, 0.717) is 12.1 Å². The Morgan fingerprint density at radius 2 is 1.95 bits per heavy atom. The first-order valence-corrected chi connectivity index (χ1v) is 7.59. The third-order valence-corrected chi connectivity index (χ3v) is 4.20. The molecule has 0 fully saturated rings. The van der Waals surface area contributed by atoms with Gasteiger partial charge in [-0.05, 0) is 30.5 Å². The first-order valence-electron chi connectivity index (χ1n) is 6.10. The Kier molecular flexibility index (Phi) is 5.41. The number of nitrogens with two attached hydrogens (primary N) is 1. The highest BCUT2D eigenvalue weighted by Gasteiger charge is 2.26. The first kappa shape index (κ1) is 16.8. The molecule has 0 spiro atoms. The fourth-order valence-corrected chi connectivity index (χ4v) is 2.75. The predicted octanol–water partition coefficient (Wildman–Crippen LogP) is 2.45. The smallest absolute Gasteiger partial charge is 0.389 e. The lowest BCUT2D eigenvalue weighted by molar-refractivity contribution is -0.135. The highest BCUT2D eigenvalue weighted by atomic mass is 32.2. The Balaban J connectivity index is 2.67. The fraction of sp³-hybridized carbons (Fsp3) is 0.500. The summed E-state index contributed by atoms with van der Waals surface area (Å²) >= 11 is 0. The molecule has 1 aromatic rings. The van der Waals surface area contributed by atoms with Gasteiger partial charge >= 0.3 is 6.18 Å². The lowest BCUT2D eigenvalue weighted by Gasteiger charge is -2.10. The molecule has 0 aliphatic heterocycles. The standard InChI is InChI=1S/C12H17F3N2O2S/c1-2-9-4-5-10(8-11(9)16)20(18,19)17-7-3-6-12(13,14)15/h4-5,8,17H,2-3,6-7,16H2,1H3. The van der Waals surface area contributed by atoms with Gasteiger partial charge in [0.25, 0.3) is 0 Å². The summed E-state index contributed by atoms with van der Waals surface area (Å²) in [6.07, 6.45) is -4.93. The molecule has 4 nitrogen and oxygen atoms in total. The number of hydrogen-bond acceptors (Lipinski definition) is 3. The lowest BCUT2D eigenvalue weighted by Crippen LogP contribution is -2.26.